The van der Waals surface area contributed by atoms with E-state index < -0.39 is 22.0 Å². The number of nitrogens with zero attached hydrogens (tertiary/aromatic N) is 1. The Bertz CT molecular complexity index is 1270. The maximum absolute atomic E-state index is 13.4. The molecule has 3 aromatic rings. The maximum Gasteiger partial charge on any atom is 0.264 e. The number of para-hydroxylation sites is 2. The van der Waals surface area contributed by atoms with Crippen molar-refractivity contribution in [2.24, 2.45) is 0 Å². The summed E-state index contributed by atoms with van der Waals surface area (Å²) in [6.45, 7) is 0.177. The highest BCUT2D eigenvalue weighted by Crippen LogP contribution is 2.38. The Morgan fingerprint density at radius 2 is 1.79 bits per heavy atom. The fraction of sp³-hybridized carbons (Fsp3) is 0.208. The highest BCUT2D eigenvalue weighted by Gasteiger charge is 2.37. The van der Waals surface area contributed by atoms with E-state index in [1.807, 2.05) is 12.1 Å². The highest BCUT2D eigenvalue weighted by atomic mass is 35.5. The number of carbonyl (C=O) groups is 1. The van der Waals surface area contributed by atoms with E-state index in [4.69, 9.17) is 25.8 Å². The molecule has 1 aliphatic rings. The van der Waals surface area contributed by atoms with Crippen LogP contribution < -0.4 is 23.8 Å². The molecule has 0 unspecified atom stereocenters. The van der Waals surface area contributed by atoms with Gasteiger partial charge in [0.1, 0.15) is 12.4 Å². The zero-order valence-electron chi connectivity index (χ0n) is 18.3. The van der Waals surface area contributed by atoms with Gasteiger partial charge in [-0.15, -0.1) is 0 Å². The number of methoxy groups -OCH3 is 1. The molecule has 8 nitrogen and oxygen atoms in total. The van der Waals surface area contributed by atoms with Crippen LogP contribution in [0.2, 0.25) is 5.02 Å². The van der Waals surface area contributed by atoms with Crippen LogP contribution in [0.4, 0.5) is 5.69 Å². The van der Waals surface area contributed by atoms with Crippen LogP contribution in [-0.4, -0.2) is 47.2 Å². The van der Waals surface area contributed by atoms with Crippen molar-refractivity contribution in [1.82, 2.24) is 5.32 Å². The number of fused-ring (bicyclic) bond motifs is 1. The van der Waals surface area contributed by atoms with Gasteiger partial charge < -0.3 is 19.5 Å². The number of hydrogen-bond acceptors (Lipinski definition) is 6. The molecule has 34 heavy (non-hydrogen) atoms. The van der Waals surface area contributed by atoms with Crippen molar-refractivity contribution in [1.29, 1.82) is 0 Å². The van der Waals surface area contributed by atoms with Crippen LogP contribution >= 0.6 is 11.6 Å². The average molecular weight is 503 g/mol. The SMILES string of the molecule is COc1ccccc1OCCNC(=O)[C@H]1CN(S(=O)(=O)c2ccccc2)c2cc(Cl)ccc2O1. The van der Waals surface area contributed by atoms with Crippen LogP contribution in [0.15, 0.2) is 77.7 Å². The molecule has 0 aliphatic carbocycles. The summed E-state index contributed by atoms with van der Waals surface area (Å²) < 4.78 is 44.6. The number of ether oxygens (including phenoxy) is 3. The van der Waals surface area contributed by atoms with Gasteiger partial charge in [0.05, 0.1) is 30.8 Å². The van der Waals surface area contributed by atoms with Gasteiger partial charge in [0.15, 0.2) is 17.6 Å². The second-order valence-corrected chi connectivity index (χ2v) is 9.66. The Morgan fingerprint density at radius 1 is 1.09 bits per heavy atom. The third kappa shape index (κ3) is 5.05. The number of carbonyl (C=O) groups excluding carboxylic acids is 1. The number of halogens is 1. The van der Waals surface area contributed by atoms with Crippen LogP contribution in [-0.2, 0) is 14.8 Å². The van der Waals surface area contributed by atoms with E-state index >= 15 is 0 Å². The van der Waals surface area contributed by atoms with Gasteiger partial charge in [-0.1, -0.05) is 41.9 Å². The Kier molecular flexibility index (Phi) is 7.14. The molecule has 0 spiro atoms. The first-order valence-corrected chi connectivity index (χ1v) is 12.3. The monoisotopic (exact) mass is 502 g/mol. The van der Waals surface area contributed by atoms with E-state index in [0.29, 0.717) is 16.5 Å². The largest absolute Gasteiger partial charge is 0.493 e. The van der Waals surface area contributed by atoms with Crippen molar-refractivity contribution >= 4 is 33.2 Å². The normalized spacial score (nSPS) is 15.1. The van der Waals surface area contributed by atoms with E-state index in [0.717, 1.165) is 4.31 Å². The number of anilines is 1. The van der Waals surface area contributed by atoms with Crippen molar-refractivity contribution in [2.75, 3.05) is 31.1 Å². The Balaban J connectivity index is 1.47. The summed E-state index contributed by atoms with van der Waals surface area (Å²) in [7, 11) is -2.41. The average Bonchev–Trinajstić information content (AvgIpc) is 2.86. The number of sulfonamides is 1. The predicted molar refractivity (Wildman–Crippen MR) is 128 cm³/mol. The molecule has 1 amide bonds. The molecule has 0 saturated carbocycles. The molecule has 3 aromatic carbocycles. The number of amides is 1. The highest BCUT2D eigenvalue weighted by molar-refractivity contribution is 7.92. The Morgan fingerprint density at radius 3 is 2.53 bits per heavy atom. The number of rotatable bonds is 8. The van der Waals surface area contributed by atoms with Crippen molar-refractivity contribution in [2.45, 2.75) is 11.0 Å². The van der Waals surface area contributed by atoms with Gasteiger partial charge in [-0.3, -0.25) is 9.10 Å². The summed E-state index contributed by atoms with van der Waals surface area (Å²) in [5, 5.41) is 3.09. The van der Waals surface area contributed by atoms with Crippen LogP contribution in [0.1, 0.15) is 0 Å². The molecule has 0 bridgehead atoms. The zero-order chi connectivity index (χ0) is 24.1. The zero-order valence-corrected chi connectivity index (χ0v) is 19.9. The first kappa shape index (κ1) is 23.7. The summed E-state index contributed by atoms with van der Waals surface area (Å²) in [5.74, 6) is 0.929. The smallest absolute Gasteiger partial charge is 0.264 e. The number of nitrogens with one attached hydrogen (secondary N) is 1. The predicted octanol–water partition coefficient (Wildman–Crippen LogP) is 3.50. The number of hydrogen-bond donors (Lipinski definition) is 1. The van der Waals surface area contributed by atoms with Crippen LogP contribution in [0.5, 0.6) is 17.2 Å². The molecule has 0 fully saturated rings. The molecule has 0 radical (unpaired) electrons. The lowest BCUT2D eigenvalue weighted by atomic mass is 10.2. The van der Waals surface area contributed by atoms with E-state index in [2.05, 4.69) is 5.32 Å². The molecule has 4 rings (SSSR count). The minimum atomic E-state index is -3.95. The van der Waals surface area contributed by atoms with E-state index in [1.165, 1.54) is 18.2 Å². The van der Waals surface area contributed by atoms with Crippen LogP contribution in [0.3, 0.4) is 0 Å². The molecule has 0 aromatic heterocycles. The fourth-order valence-electron chi connectivity index (χ4n) is 3.50. The molecular formula is C24H23ClN2O6S. The standard InChI is InChI=1S/C24H23ClN2O6S/c1-31-21-9-5-6-10-22(21)32-14-13-26-24(28)23-16-27(19-15-17(25)11-12-20(19)33-23)34(29,30)18-7-3-2-4-8-18/h2-12,15,23H,13-14,16H2,1H3,(H,26,28)/t23-/m1/s1. The quantitative estimate of drug-likeness (QED) is 0.474. The molecular weight excluding hydrogens is 480 g/mol. The van der Waals surface area contributed by atoms with Gasteiger partial charge in [0.2, 0.25) is 0 Å². The van der Waals surface area contributed by atoms with Crippen molar-refractivity contribution in [3.05, 3.63) is 77.8 Å². The molecule has 1 heterocycles. The first-order valence-electron chi connectivity index (χ1n) is 10.5. The third-order valence-electron chi connectivity index (χ3n) is 5.14. The minimum absolute atomic E-state index is 0.104. The lowest BCUT2D eigenvalue weighted by molar-refractivity contribution is -0.127. The van der Waals surface area contributed by atoms with Crippen molar-refractivity contribution in [3.63, 3.8) is 0 Å². The third-order valence-corrected chi connectivity index (χ3v) is 7.17. The van der Waals surface area contributed by atoms with Gasteiger partial charge >= 0.3 is 0 Å². The van der Waals surface area contributed by atoms with Crippen molar-refractivity contribution < 1.29 is 27.4 Å². The Labute approximate surface area is 203 Å². The summed E-state index contributed by atoms with van der Waals surface area (Å²) in [4.78, 5) is 13.0. The van der Waals surface area contributed by atoms with Crippen LogP contribution in [0.25, 0.3) is 0 Å². The van der Waals surface area contributed by atoms with E-state index in [-0.39, 0.29) is 36.0 Å². The minimum Gasteiger partial charge on any atom is -0.493 e. The fourth-order valence-corrected chi connectivity index (χ4v) is 5.15. The molecule has 1 N–H and O–H groups in total. The maximum atomic E-state index is 13.4. The van der Waals surface area contributed by atoms with Gasteiger partial charge in [0, 0.05) is 5.02 Å². The summed E-state index contributed by atoms with van der Waals surface area (Å²) in [6.07, 6.45) is -1.06. The van der Waals surface area contributed by atoms with Gasteiger partial charge in [-0.2, -0.15) is 0 Å². The second-order valence-electron chi connectivity index (χ2n) is 7.36. The lowest BCUT2D eigenvalue weighted by Crippen LogP contribution is -2.51. The lowest BCUT2D eigenvalue weighted by Gasteiger charge is -2.34. The Hall–Kier alpha value is -3.43. The molecule has 10 heteroatoms. The van der Waals surface area contributed by atoms with Crippen LogP contribution in [0, 0.1) is 0 Å². The second kappa shape index (κ2) is 10.2. The first-order chi connectivity index (χ1) is 16.4. The number of benzene rings is 3. The van der Waals surface area contributed by atoms with Crippen molar-refractivity contribution in [3.8, 4) is 17.2 Å². The molecule has 1 aliphatic heterocycles. The van der Waals surface area contributed by atoms with Gasteiger partial charge in [-0.25, -0.2) is 8.42 Å². The molecule has 1 atom stereocenters. The molecule has 0 saturated heterocycles. The van der Waals surface area contributed by atoms with Gasteiger partial charge in [-0.05, 0) is 42.5 Å². The van der Waals surface area contributed by atoms with E-state index in [1.54, 1.807) is 49.6 Å². The summed E-state index contributed by atoms with van der Waals surface area (Å²) >= 11 is 6.11. The summed E-state index contributed by atoms with van der Waals surface area (Å²) in [6, 6.07) is 19.8. The summed E-state index contributed by atoms with van der Waals surface area (Å²) in [5.41, 5.74) is 0.278. The topological polar surface area (TPSA) is 94.2 Å². The van der Waals surface area contributed by atoms with E-state index in [9.17, 15) is 13.2 Å². The molecule has 178 valence electrons. The van der Waals surface area contributed by atoms with Gasteiger partial charge in [0.25, 0.3) is 15.9 Å².